The van der Waals surface area contributed by atoms with Crippen molar-refractivity contribution in [2.24, 2.45) is 0 Å². The van der Waals surface area contributed by atoms with Gasteiger partial charge in [0.05, 0.1) is 18.5 Å². The quantitative estimate of drug-likeness (QED) is 0.543. The summed E-state index contributed by atoms with van der Waals surface area (Å²) in [7, 11) is 0. The van der Waals surface area contributed by atoms with Crippen molar-refractivity contribution in [1.82, 2.24) is 19.6 Å². The van der Waals surface area contributed by atoms with Crippen molar-refractivity contribution in [2.75, 3.05) is 18.5 Å². The van der Waals surface area contributed by atoms with Crippen molar-refractivity contribution in [1.29, 1.82) is 0 Å². The second-order valence-corrected chi connectivity index (χ2v) is 6.09. The van der Waals surface area contributed by atoms with Gasteiger partial charge in [0.2, 0.25) is 0 Å². The molecule has 4 aromatic rings. The summed E-state index contributed by atoms with van der Waals surface area (Å²) in [5, 5.41) is 7.84. The fourth-order valence-corrected chi connectivity index (χ4v) is 2.96. The van der Waals surface area contributed by atoms with Crippen molar-refractivity contribution in [3.63, 3.8) is 0 Å². The van der Waals surface area contributed by atoms with E-state index in [0.717, 1.165) is 47.1 Å². The Labute approximate surface area is 157 Å². The van der Waals surface area contributed by atoms with Gasteiger partial charge in [0, 0.05) is 42.6 Å². The van der Waals surface area contributed by atoms with Gasteiger partial charge >= 0.3 is 0 Å². The average molecular weight is 359 g/mol. The summed E-state index contributed by atoms with van der Waals surface area (Å²) in [5.74, 6) is 1.74. The van der Waals surface area contributed by atoms with E-state index in [1.165, 1.54) is 0 Å². The molecule has 0 radical (unpaired) electrons. The van der Waals surface area contributed by atoms with E-state index < -0.39 is 0 Å². The summed E-state index contributed by atoms with van der Waals surface area (Å²) < 4.78 is 7.43. The molecule has 0 bridgehead atoms. The van der Waals surface area contributed by atoms with E-state index in [1.807, 2.05) is 72.2 Å². The van der Waals surface area contributed by atoms with E-state index in [0.29, 0.717) is 6.61 Å². The van der Waals surface area contributed by atoms with Crippen LogP contribution in [0.25, 0.3) is 16.9 Å². The Balaban J connectivity index is 1.60. The fourth-order valence-electron chi connectivity index (χ4n) is 2.96. The molecule has 3 heterocycles. The molecule has 0 fully saturated rings. The van der Waals surface area contributed by atoms with Gasteiger partial charge < -0.3 is 10.1 Å². The molecule has 0 aliphatic heterocycles. The van der Waals surface area contributed by atoms with Crippen LogP contribution >= 0.6 is 0 Å². The third-order valence-corrected chi connectivity index (χ3v) is 4.21. The number of fused-ring (bicyclic) bond motifs is 1. The molecule has 0 unspecified atom stereocenters. The van der Waals surface area contributed by atoms with Crippen molar-refractivity contribution in [2.45, 2.75) is 13.3 Å². The first-order valence-electron chi connectivity index (χ1n) is 9.05. The Morgan fingerprint density at radius 3 is 2.85 bits per heavy atom. The van der Waals surface area contributed by atoms with Gasteiger partial charge in [-0.2, -0.15) is 9.61 Å². The minimum atomic E-state index is 0.638. The number of ether oxygens (including phenoxy) is 1. The van der Waals surface area contributed by atoms with Gasteiger partial charge in [-0.15, -0.1) is 0 Å². The average Bonchev–Trinajstić information content (AvgIpc) is 3.18. The van der Waals surface area contributed by atoms with E-state index in [-0.39, 0.29) is 0 Å². The number of pyridine rings is 1. The molecule has 0 amide bonds. The molecule has 0 saturated carbocycles. The number of nitrogens with zero attached hydrogens (tertiary/aromatic N) is 4. The third-order valence-electron chi connectivity index (χ3n) is 4.21. The van der Waals surface area contributed by atoms with Crippen molar-refractivity contribution in [3.05, 3.63) is 72.7 Å². The summed E-state index contributed by atoms with van der Waals surface area (Å²) >= 11 is 0. The molecule has 136 valence electrons. The number of benzene rings is 1. The number of nitrogens with one attached hydrogen (secondary N) is 1. The van der Waals surface area contributed by atoms with Crippen molar-refractivity contribution >= 4 is 11.5 Å². The lowest BCUT2D eigenvalue weighted by atomic mass is 10.1. The minimum Gasteiger partial charge on any atom is -0.494 e. The fraction of sp³-hybridized carbons (Fsp3) is 0.190. The molecule has 3 aromatic heterocycles. The lowest BCUT2D eigenvalue weighted by Crippen LogP contribution is -2.10. The summed E-state index contributed by atoms with van der Waals surface area (Å²) in [6.07, 6.45) is 4.41. The van der Waals surface area contributed by atoms with Crippen LogP contribution in [0.4, 0.5) is 5.82 Å². The van der Waals surface area contributed by atoms with Crippen LogP contribution in [-0.2, 0) is 6.42 Å². The Morgan fingerprint density at radius 1 is 1.04 bits per heavy atom. The summed E-state index contributed by atoms with van der Waals surface area (Å²) in [4.78, 5) is 9.09. The van der Waals surface area contributed by atoms with Crippen LogP contribution in [0, 0.1) is 0 Å². The van der Waals surface area contributed by atoms with Gasteiger partial charge in [-0.05, 0) is 31.2 Å². The van der Waals surface area contributed by atoms with E-state index in [9.17, 15) is 0 Å². The number of anilines is 1. The first kappa shape index (κ1) is 17.0. The van der Waals surface area contributed by atoms with Gasteiger partial charge in [-0.1, -0.05) is 18.2 Å². The smallest absolute Gasteiger partial charge is 0.157 e. The zero-order valence-electron chi connectivity index (χ0n) is 15.2. The molecular weight excluding hydrogens is 338 g/mol. The second kappa shape index (κ2) is 7.86. The monoisotopic (exact) mass is 359 g/mol. The Kier molecular flexibility index (Phi) is 4.96. The first-order valence-corrected chi connectivity index (χ1v) is 9.05. The standard InChI is InChI=1S/C21H21N5O/c1-2-27-18-8-5-6-16(14-18)19-15-21(26-20(25-19)10-13-24-26)23-12-9-17-7-3-4-11-22-17/h3-8,10-11,13-15,23H,2,9,12H2,1H3. The minimum absolute atomic E-state index is 0.638. The SMILES string of the molecule is CCOc1cccc(-c2cc(NCCc3ccccn3)n3nccc3n2)c1. The number of hydrogen-bond donors (Lipinski definition) is 1. The molecule has 1 aromatic carbocycles. The predicted molar refractivity (Wildman–Crippen MR) is 106 cm³/mol. The largest absolute Gasteiger partial charge is 0.494 e. The van der Waals surface area contributed by atoms with Crippen molar-refractivity contribution in [3.8, 4) is 17.0 Å². The van der Waals surface area contributed by atoms with Gasteiger partial charge in [0.25, 0.3) is 0 Å². The van der Waals surface area contributed by atoms with E-state index in [1.54, 1.807) is 6.20 Å². The summed E-state index contributed by atoms with van der Waals surface area (Å²) in [5.41, 5.74) is 3.75. The van der Waals surface area contributed by atoms with E-state index in [2.05, 4.69) is 15.4 Å². The topological polar surface area (TPSA) is 64.3 Å². The number of hydrogen-bond acceptors (Lipinski definition) is 5. The number of rotatable bonds is 7. The lowest BCUT2D eigenvalue weighted by molar-refractivity contribution is 0.340. The van der Waals surface area contributed by atoms with Crippen LogP contribution in [0.15, 0.2) is 67.0 Å². The Morgan fingerprint density at radius 2 is 2.00 bits per heavy atom. The van der Waals surface area contributed by atoms with E-state index >= 15 is 0 Å². The highest BCUT2D eigenvalue weighted by Gasteiger charge is 2.09. The molecule has 0 saturated heterocycles. The molecule has 1 N–H and O–H groups in total. The Bertz CT molecular complexity index is 1030. The second-order valence-electron chi connectivity index (χ2n) is 6.09. The third kappa shape index (κ3) is 3.89. The maximum atomic E-state index is 5.62. The highest BCUT2D eigenvalue weighted by atomic mass is 16.5. The molecular formula is C21H21N5O. The molecule has 4 rings (SSSR count). The molecule has 6 heteroatoms. The zero-order valence-corrected chi connectivity index (χ0v) is 15.2. The molecule has 6 nitrogen and oxygen atoms in total. The van der Waals surface area contributed by atoms with Gasteiger partial charge in [0.15, 0.2) is 5.65 Å². The molecule has 0 aliphatic rings. The highest BCUT2D eigenvalue weighted by molar-refractivity contribution is 5.67. The van der Waals surface area contributed by atoms with Crippen LogP contribution in [-0.4, -0.2) is 32.7 Å². The first-order chi connectivity index (χ1) is 13.3. The Hall–Kier alpha value is -3.41. The summed E-state index contributed by atoms with van der Waals surface area (Å²) in [6, 6.07) is 17.9. The maximum absolute atomic E-state index is 5.62. The van der Waals surface area contributed by atoms with Crippen LogP contribution in [0.2, 0.25) is 0 Å². The molecule has 0 atom stereocenters. The number of aromatic nitrogens is 4. The van der Waals surface area contributed by atoms with Crippen LogP contribution in [0.1, 0.15) is 12.6 Å². The van der Waals surface area contributed by atoms with Gasteiger partial charge in [0.1, 0.15) is 11.6 Å². The van der Waals surface area contributed by atoms with Gasteiger partial charge in [-0.25, -0.2) is 4.98 Å². The zero-order chi connectivity index (χ0) is 18.5. The van der Waals surface area contributed by atoms with Crippen molar-refractivity contribution < 1.29 is 4.74 Å². The molecule has 27 heavy (non-hydrogen) atoms. The lowest BCUT2D eigenvalue weighted by Gasteiger charge is -2.11. The van der Waals surface area contributed by atoms with Gasteiger partial charge in [-0.3, -0.25) is 4.98 Å². The highest BCUT2D eigenvalue weighted by Crippen LogP contribution is 2.25. The van der Waals surface area contributed by atoms with Crippen LogP contribution < -0.4 is 10.1 Å². The van der Waals surface area contributed by atoms with E-state index in [4.69, 9.17) is 9.72 Å². The molecule has 0 aliphatic carbocycles. The molecule has 0 spiro atoms. The van der Waals surface area contributed by atoms with Crippen LogP contribution in [0.5, 0.6) is 5.75 Å². The van der Waals surface area contributed by atoms with Crippen LogP contribution in [0.3, 0.4) is 0 Å². The predicted octanol–water partition coefficient (Wildman–Crippen LogP) is 3.84. The normalized spacial score (nSPS) is 10.9. The maximum Gasteiger partial charge on any atom is 0.157 e. The summed E-state index contributed by atoms with van der Waals surface area (Å²) in [6.45, 7) is 3.38.